The maximum absolute atomic E-state index is 5.07. The third-order valence-corrected chi connectivity index (χ3v) is 1.97. The number of rotatable bonds is 5. The molecule has 0 aliphatic heterocycles. The molecule has 0 radical (unpaired) electrons. The van der Waals surface area contributed by atoms with E-state index in [0.717, 1.165) is 12.0 Å². The number of hydrogen-bond donors (Lipinski definition) is 1. The molecule has 0 amide bonds. The van der Waals surface area contributed by atoms with Gasteiger partial charge in [-0.05, 0) is 18.9 Å². The third kappa shape index (κ3) is 3.30. The Labute approximate surface area is 84.7 Å². The predicted octanol–water partition coefficient (Wildman–Crippen LogP) is 1.62. The molecular weight excluding hydrogens is 178 g/mol. The second-order valence-corrected chi connectivity index (χ2v) is 3.29. The monoisotopic (exact) mass is 195 g/mol. The molecule has 0 saturated carbocycles. The molecule has 0 fully saturated rings. The Hall–Kier alpha value is -1.16. The Bertz CT molecular complexity index is 261. The standard InChI is InChI=1S/C10H17N3O/c1-4-9(7-14-3)13-10-11-5-8(2)6-12-10/h5-6,9H,4,7H2,1-3H3,(H,11,12,13). The average Bonchev–Trinajstić information content (AvgIpc) is 2.20. The van der Waals surface area contributed by atoms with Crippen molar-refractivity contribution < 1.29 is 4.74 Å². The Morgan fingerprint density at radius 1 is 1.43 bits per heavy atom. The van der Waals surface area contributed by atoms with E-state index in [2.05, 4.69) is 22.2 Å². The van der Waals surface area contributed by atoms with E-state index in [1.807, 2.05) is 6.92 Å². The predicted molar refractivity (Wildman–Crippen MR) is 56.3 cm³/mol. The minimum Gasteiger partial charge on any atom is -0.383 e. The van der Waals surface area contributed by atoms with Gasteiger partial charge in [0, 0.05) is 19.5 Å². The molecule has 1 rings (SSSR count). The van der Waals surface area contributed by atoms with Crippen LogP contribution < -0.4 is 5.32 Å². The van der Waals surface area contributed by atoms with Gasteiger partial charge in [-0.2, -0.15) is 0 Å². The van der Waals surface area contributed by atoms with E-state index in [4.69, 9.17) is 4.74 Å². The number of hydrogen-bond acceptors (Lipinski definition) is 4. The normalized spacial score (nSPS) is 12.5. The minimum atomic E-state index is 0.280. The van der Waals surface area contributed by atoms with E-state index in [1.165, 1.54) is 0 Å². The zero-order chi connectivity index (χ0) is 10.4. The van der Waals surface area contributed by atoms with E-state index in [-0.39, 0.29) is 6.04 Å². The summed E-state index contributed by atoms with van der Waals surface area (Å²) in [6.45, 7) is 4.74. The van der Waals surface area contributed by atoms with Gasteiger partial charge < -0.3 is 10.1 Å². The number of nitrogens with one attached hydrogen (secondary N) is 1. The molecule has 1 aromatic rings. The lowest BCUT2D eigenvalue weighted by Gasteiger charge is -2.15. The first-order valence-corrected chi connectivity index (χ1v) is 4.80. The third-order valence-electron chi connectivity index (χ3n) is 1.97. The molecule has 0 bridgehead atoms. The zero-order valence-corrected chi connectivity index (χ0v) is 8.95. The first kappa shape index (κ1) is 10.9. The van der Waals surface area contributed by atoms with E-state index >= 15 is 0 Å². The van der Waals surface area contributed by atoms with Gasteiger partial charge in [0.25, 0.3) is 0 Å². The van der Waals surface area contributed by atoms with Crippen molar-refractivity contribution in [2.75, 3.05) is 19.0 Å². The summed E-state index contributed by atoms with van der Waals surface area (Å²) in [5.41, 5.74) is 1.07. The molecule has 0 aliphatic carbocycles. The van der Waals surface area contributed by atoms with Crippen LogP contribution in [-0.2, 0) is 4.74 Å². The summed E-state index contributed by atoms with van der Waals surface area (Å²) >= 11 is 0. The summed E-state index contributed by atoms with van der Waals surface area (Å²) in [5.74, 6) is 0.666. The van der Waals surface area contributed by atoms with Crippen LogP contribution in [0.2, 0.25) is 0 Å². The summed E-state index contributed by atoms with van der Waals surface area (Å²) in [7, 11) is 1.69. The number of aromatic nitrogens is 2. The van der Waals surface area contributed by atoms with E-state index in [9.17, 15) is 0 Å². The van der Waals surface area contributed by atoms with Crippen molar-refractivity contribution in [3.05, 3.63) is 18.0 Å². The number of aryl methyl sites for hydroxylation is 1. The second kappa shape index (κ2) is 5.54. The highest BCUT2D eigenvalue weighted by Gasteiger charge is 2.06. The van der Waals surface area contributed by atoms with Gasteiger partial charge in [-0.15, -0.1) is 0 Å². The molecule has 1 unspecified atom stereocenters. The van der Waals surface area contributed by atoms with E-state index in [1.54, 1.807) is 19.5 Å². The molecule has 0 aliphatic rings. The lowest BCUT2D eigenvalue weighted by molar-refractivity contribution is 0.184. The van der Waals surface area contributed by atoms with Crippen molar-refractivity contribution in [3.63, 3.8) is 0 Å². The molecule has 4 heteroatoms. The fourth-order valence-corrected chi connectivity index (χ4v) is 1.11. The number of nitrogens with zero attached hydrogens (tertiary/aromatic N) is 2. The van der Waals surface area contributed by atoms with Crippen LogP contribution in [0.25, 0.3) is 0 Å². The van der Waals surface area contributed by atoms with Crippen LogP contribution in [0.1, 0.15) is 18.9 Å². The molecule has 0 aromatic carbocycles. The van der Waals surface area contributed by atoms with Crippen LogP contribution in [0.3, 0.4) is 0 Å². The quantitative estimate of drug-likeness (QED) is 0.775. The summed E-state index contributed by atoms with van der Waals surface area (Å²) in [4.78, 5) is 8.34. The second-order valence-electron chi connectivity index (χ2n) is 3.29. The molecule has 1 heterocycles. The van der Waals surface area contributed by atoms with Gasteiger partial charge >= 0.3 is 0 Å². The van der Waals surface area contributed by atoms with Gasteiger partial charge in [0.05, 0.1) is 12.6 Å². The maximum atomic E-state index is 5.07. The summed E-state index contributed by atoms with van der Waals surface area (Å²) in [5, 5.41) is 3.21. The van der Waals surface area contributed by atoms with Crippen LogP contribution in [0.5, 0.6) is 0 Å². The van der Waals surface area contributed by atoms with Gasteiger partial charge in [-0.3, -0.25) is 0 Å². The smallest absolute Gasteiger partial charge is 0.222 e. The fourth-order valence-electron chi connectivity index (χ4n) is 1.11. The highest BCUT2D eigenvalue weighted by atomic mass is 16.5. The molecule has 1 N–H and O–H groups in total. The molecule has 0 spiro atoms. The molecule has 4 nitrogen and oxygen atoms in total. The van der Waals surface area contributed by atoms with Crippen LogP contribution >= 0.6 is 0 Å². The lowest BCUT2D eigenvalue weighted by atomic mass is 10.2. The van der Waals surface area contributed by atoms with Crippen molar-refractivity contribution in [3.8, 4) is 0 Å². The minimum absolute atomic E-state index is 0.280. The van der Waals surface area contributed by atoms with E-state index < -0.39 is 0 Å². The maximum Gasteiger partial charge on any atom is 0.222 e. The molecule has 14 heavy (non-hydrogen) atoms. The summed E-state index contributed by atoms with van der Waals surface area (Å²) in [6, 6.07) is 0.280. The average molecular weight is 195 g/mol. The summed E-state index contributed by atoms with van der Waals surface area (Å²) in [6.07, 6.45) is 4.59. The first-order chi connectivity index (χ1) is 6.76. The van der Waals surface area contributed by atoms with Crippen LogP contribution in [0.4, 0.5) is 5.95 Å². The van der Waals surface area contributed by atoms with Gasteiger partial charge in [-0.25, -0.2) is 9.97 Å². The Kier molecular flexibility index (Phi) is 4.32. The highest BCUT2D eigenvalue weighted by Crippen LogP contribution is 2.03. The molecule has 1 aromatic heterocycles. The van der Waals surface area contributed by atoms with Gasteiger partial charge in [0.2, 0.25) is 5.95 Å². The number of ether oxygens (including phenoxy) is 1. The van der Waals surface area contributed by atoms with Crippen molar-refractivity contribution in [2.24, 2.45) is 0 Å². The fraction of sp³-hybridized carbons (Fsp3) is 0.600. The van der Waals surface area contributed by atoms with Gasteiger partial charge in [-0.1, -0.05) is 6.92 Å². The topological polar surface area (TPSA) is 47.0 Å². The molecule has 78 valence electrons. The Balaban J connectivity index is 2.53. The van der Waals surface area contributed by atoms with Crippen molar-refractivity contribution in [1.82, 2.24) is 9.97 Å². The van der Waals surface area contributed by atoms with Gasteiger partial charge in [0.15, 0.2) is 0 Å². The Morgan fingerprint density at radius 2 is 2.07 bits per heavy atom. The SMILES string of the molecule is CCC(COC)Nc1ncc(C)cn1. The van der Waals surface area contributed by atoms with Crippen LogP contribution in [0.15, 0.2) is 12.4 Å². The Morgan fingerprint density at radius 3 is 2.57 bits per heavy atom. The summed E-state index contributed by atoms with van der Waals surface area (Å²) < 4.78 is 5.07. The first-order valence-electron chi connectivity index (χ1n) is 4.80. The van der Waals surface area contributed by atoms with Crippen molar-refractivity contribution in [2.45, 2.75) is 26.3 Å². The number of methoxy groups -OCH3 is 1. The van der Waals surface area contributed by atoms with Crippen LogP contribution in [0, 0.1) is 6.92 Å². The largest absolute Gasteiger partial charge is 0.383 e. The van der Waals surface area contributed by atoms with Gasteiger partial charge in [0.1, 0.15) is 0 Å². The van der Waals surface area contributed by atoms with E-state index in [0.29, 0.717) is 12.6 Å². The molecular formula is C10H17N3O. The highest BCUT2D eigenvalue weighted by molar-refractivity contribution is 5.25. The number of anilines is 1. The lowest BCUT2D eigenvalue weighted by Crippen LogP contribution is -2.25. The zero-order valence-electron chi connectivity index (χ0n) is 8.95. The van der Waals surface area contributed by atoms with Crippen molar-refractivity contribution >= 4 is 5.95 Å². The molecule has 0 saturated heterocycles. The van der Waals surface area contributed by atoms with Crippen molar-refractivity contribution in [1.29, 1.82) is 0 Å². The van der Waals surface area contributed by atoms with Crippen LogP contribution in [-0.4, -0.2) is 29.7 Å². The molecule has 1 atom stereocenters.